The van der Waals surface area contributed by atoms with E-state index >= 15 is 0 Å². The lowest BCUT2D eigenvalue weighted by atomic mass is 10.0. The van der Waals surface area contributed by atoms with Crippen molar-refractivity contribution in [1.29, 1.82) is 0 Å². The third-order valence-corrected chi connectivity index (χ3v) is 6.16. The summed E-state index contributed by atoms with van der Waals surface area (Å²) in [4.78, 5) is 19.4. The van der Waals surface area contributed by atoms with Crippen molar-refractivity contribution in [3.8, 4) is 22.4 Å². The minimum Gasteiger partial charge on any atom is -0.388 e. The van der Waals surface area contributed by atoms with Gasteiger partial charge in [-0.3, -0.25) is 0 Å². The monoisotopic (exact) mass is 492 g/mol. The number of fused-ring (bicyclic) bond motifs is 1. The van der Waals surface area contributed by atoms with Gasteiger partial charge in [-0.15, -0.1) is 0 Å². The van der Waals surface area contributed by atoms with Crippen molar-refractivity contribution in [3.05, 3.63) is 59.5 Å². The predicted octanol–water partition coefficient (Wildman–Crippen LogP) is 3.38. The number of hydrogen-bond donors (Lipinski definition) is 3. The molecule has 162 valence electrons. The number of anilines is 2. The van der Waals surface area contributed by atoms with Gasteiger partial charge in [-0.25, -0.2) is 19.9 Å². The van der Waals surface area contributed by atoms with E-state index in [1.807, 2.05) is 42.5 Å². The molecule has 1 aliphatic rings. The van der Waals surface area contributed by atoms with E-state index < -0.39 is 12.3 Å². The number of pyridine rings is 2. The molecule has 0 spiro atoms. The zero-order chi connectivity index (χ0) is 22.2. The van der Waals surface area contributed by atoms with Crippen molar-refractivity contribution in [3.63, 3.8) is 0 Å². The lowest BCUT2D eigenvalue weighted by Gasteiger charge is -2.36. The second kappa shape index (κ2) is 8.42. The van der Waals surface area contributed by atoms with E-state index in [9.17, 15) is 10.2 Å². The van der Waals surface area contributed by atoms with Crippen molar-refractivity contribution in [2.45, 2.75) is 25.2 Å². The molecule has 1 saturated heterocycles. The van der Waals surface area contributed by atoms with E-state index in [0.717, 1.165) is 27.6 Å². The molecule has 3 aromatic heterocycles. The number of rotatable bonds is 3. The zero-order valence-electron chi connectivity index (χ0n) is 17.1. The first kappa shape index (κ1) is 20.7. The van der Waals surface area contributed by atoms with Crippen LogP contribution >= 0.6 is 15.9 Å². The van der Waals surface area contributed by atoms with Crippen LogP contribution in [0.25, 0.3) is 33.4 Å². The van der Waals surface area contributed by atoms with E-state index in [2.05, 4.69) is 30.9 Å². The van der Waals surface area contributed by atoms with Gasteiger partial charge in [0.25, 0.3) is 0 Å². The first-order chi connectivity index (χ1) is 15.5. The van der Waals surface area contributed by atoms with Gasteiger partial charge in [0.15, 0.2) is 11.9 Å². The molecule has 0 saturated carbocycles. The fourth-order valence-electron chi connectivity index (χ4n) is 4.04. The molecular formula is C23H21BrN6O2. The number of aromatic nitrogens is 4. The standard InChI is InChI=1S/C23H21BrN6O2/c24-15-4-1-3-13(9-15)16-10-17(29-22-20(16)21(25)27-12-28-22)14-6-7-19(26-11-14)30-8-2-5-18(31)23(30)32/h1,3-4,6-7,9-12,18,23,31-32H,2,5,8H2,(H2,25,27,28,29)/t18-,23-/m0/s1. The van der Waals surface area contributed by atoms with Gasteiger partial charge in [0.05, 0.1) is 17.2 Å². The van der Waals surface area contributed by atoms with Crippen molar-refractivity contribution >= 4 is 38.6 Å². The first-order valence-electron chi connectivity index (χ1n) is 10.3. The lowest BCUT2D eigenvalue weighted by Crippen LogP contribution is -2.48. The average Bonchev–Trinajstić information content (AvgIpc) is 2.80. The molecule has 5 rings (SSSR count). The number of hydrogen-bond acceptors (Lipinski definition) is 8. The Labute approximate surface area is 192 Å². The number of nitrogens with two attached hydrogens (primary N) is 1. The van der Waals surface area contributed by atoms with E-state index in [4.69, 9.17) is 10.7 Å². The van der Waals surface area contributed by atoms with Gasteiger partial charge in [0.2, 0.25) is 0 Å². The van der Waals surface area contributed by atoms with Crippen molar-refractivity contribution in [2.75, 3.05) is 17.2 Å². The van der Waals surface area contributed by atoms with Crippen LogP contribution in [-0.2, 0) is 0 Å². The summed E-state index contributed by atoms with van der Waals surface area (Å²) in [6, 6.07) is 13.6. The Bertz CT molecular complexity index is 1280. The molecule has 9 heteroatoms. The molecule has 0 amide bonds. The highest BCUT2D eigenvalue weighted by atomic mass is 79.9. The van der Waals surface area contributed by atoms with Gasteiger partial charge >= 0.3 is 0 Å². The van der Waals surface area contributed by atoms with Crippen LogP contribution in [0.1, 0.15) is 12.8 Å². The highest BCUT2D eigenvalue weighted by molar-refractivity contribution is 9.10. The largest absolute Gasteiger partial charge is 0.388 e. The molecule has 4 aromatic rings. The van der Waals surface area contributed by atoms with E-state index in [1.54, 1.807) is 11.1 Å². The smallest absolute Gasteiger partial charge is 0.165 e. The van der Waals surface area contributed by atoms with Crippen LogP contribution in [-0.4, -0.2) is 49.0 Å². The molecule has 1 aliphatic heterocycles. The molecule has 1 fully saturated rings. The van der Waals surface area contributed by atoms with Gasteiger partial charge in [-0.05, 0) is 54.3 Å². The number of aliphatic hydroxyl groups is 2. The summed E-state index contributed by atoms with van der Waals surface area (Å²) in [6.07, 6.45) is 2.77. The molecule has 32 heavy (non-hydrogen) atoms. The third-order valence-electron chi connectivity index (χ3n) is 5.67. The summed E-state index contributed by atoms with van der Waals surface area (Å²) >= 11 is 3.53. The summed E-state index contributed by atoms with van der Waals surface area (Å²) in [6.45, 7) is 0.641. The maximum absolute atomic E-state index is 10.3. The van der Waals surface area contributed by atoms with Crippen LogP contribution in [0, 0.1) is 0 Å². The van der Waals surface area contributed by atoms with Crippen LogP contribution in [0.2, 0.25) is 0 Å². The van der Waals surface area contributed by atoms with Crippen LogP contribution in [0.4, 0.5) is 11.6 Å². The Morgan fingerprint density at radius 3 is 2.69 bits per heavy atom. The van der Waals surface area contributed by atoms with Gasteiger partial charge < -0.3 is 20.8 Å². The summed E-state index contributed by atoms with van der Waals surface area (Å²) < 4.78 is 0.949. The van der Waals surface area contributed by atoms with Crippen LogP contribution in [0.5, 0.6) is 0 Å². The number of benzene rings is 1. The zero-order valence-corrected chi connectivity index (χ0v) is 18.6. The minimum atomic E-state index is -0.955. The maximum atomic E-state index is 10.3. The molecule has 0 unspecified atom stereocenters. The van der Waals surface area contributed by atoms with Crippen LogP contribution < -0.4 is 10.6 Å². The van der Waals surface area contributed by atoms with Crippen molar-refractivity contribution < 1.29 is 10.2 Å². The number of piperidine rings is 1. The normalized spacial score (nSPS) is 18.8. The highest BCUT2D eigenvalue weighted by Crippen LogP contribution is 2.35. The summed E-state index contributed by atoms with van der Waals surface area (Å²) in [5, 5.41) is 21.0. The van der Waals surface area contributed by atoms with E-state index in [0.29, 0.717) is 41.3 Å². The Balaban J connectivity index is 1.59. The fourth-order valence-corrected chi connectivity index (χ4v) is 4.44. The van der Waals surface area contributed by atoms with Crippen molar-refractivity contribution in [1.82, 2.24) is 19.9 Å². The molecule has 8 nitrogen and oxygen atoms in total. The van der Waals surface area contributed by atoms with Gasteiger partial charge in [-0.2, -0.15) is 0 Å². The Kier molecular flexibility index (Phi) is 5.46. The van der Waals surface area contributed by atoms with Crippen LogP contribution in [0.3, 0.4) is 0 Å². The quantitative estimate of drug-likeness (QED) is 0.397. The molecule has 4 N–H and O–H groups in total. The molecule has 0 bridgehead atoms. The highest BCUT2D eigenvalue weighted by Gasteiger charge is 2.29. The number of aliphatic hydroxyl groups excluding tert-OH is 2. The Morgan fingerprint density at radius 2 is 1.91 bits per heavy atom. The molecule has 0 aliphatic carbocycles. The number of nitrogens with zero attached hydrogens (tertiary/aromatic N) is 5. The molecule has 1 aromatic carbocycles. The Hall–Kier alpha value is -3.14. The first-order valence-corrected chi connectivity index (χ1v) is 11.1. The summed E-state index contributed by atoms with van der Waals surface area (Å²) in [5.74, 6) is 0.981. The minimum absolute atomic E-state index is 0.371. The average molecular weight is 493 g/mol. The van der Waals surface area contributed by atoms with Crippen molar-refractivity contribution in [2.24, 2.45) is 0 Å². The Morgan fingerprint density at radius 1 is 1.03 bits per heavy atom. The second-order valence-corrected chi connectivity index (χ2v) is 8.66. The van der Waals surface area contributed by atoms with E-state index in [1.165, 1.54) is 6.33 Å². The van der Waals surface area contributed by atoms with Crippen LogP contribution in [0.15, 0.2) is 59.5 Å². The number of nitrogen functional groups attached to an aromatic ring is 1. The SMILES string of the molecule is Nc1ncnc2nc(-c3ccc(N4CCC[C@H](O)[C@@H]4O)nc3)cc(-c3cccc(Br)c3)c12. The summed E-state index contributed by atoms with van der Waals surface area (Å²) in [7, 11) is 0. The second-order valence-electron chi connectivity index (χ2n) is 7.74. The van der Waals surface area contributed by atoms with Gasteiger partial charge in [0, 0.05) is 22.8 Å². The van der Waals surface area contributed by atoms with E-state index in [-0.39, 0.29) is 0 Å². The van der Waals surface area contributed by atoms with Gasteiger partial charge in [0.1, 0.15) is 18.0 Å². The summed E-state index contributed by atoms with van der Waals surface area (Å²) in [5.41, 5.74) is 10.0. The van der Waals surface area contributed by atoms with Gasteiger partial charge in [-0.1, -0.05) is 28.1 Å². The predicted molar refractivity (Wildman–Crippen MR) is 127 cm³/mol. The maximum Gasteiger partial charge on any atom is 0.165 e. The topological polar surface area (TPSA) is 121 Å². The third kappa shape index (κ3) is 3.79. The fraction of sp³-hybridized carbons (Fsp3) is 0.217. The molecular weight excluding hydrogens is 472 g/mol. The molecule has 2 atom stereocenters. The molecule has 0 radical (unpaired) electrons. The number of halogens is 1. The lowest BCUT2D eigenvalue weighted by molar-refractivity contribution is -0.00225. The molecule has 4 heterocycles.